The minimum atomic E-state index is -0.814. The molecule has 0 aromatic carbocycles. The first-order valence-electron chi connectivity index (χ1n) is 5.72. The molecule has 1 amide bonds. The van der Waals surface area contributed by atoms with Gasteiger partial charge in [-0.1, -0.05) is 32.6 Å². The van der Waals surface area contributed by atoms with Crippen LogP contribution >= 0.6 is 0 Å². The van der Waals surface area contributed by atoms with Crippen molar-refractivity contribution in [3.05, 3.63) is 0 Å². The predicted octanol–water partition coefficient (Wildman–Crippen LogP) is 1.89. The zero-order chi connectivity index (χ0) is 10.4. The van der Waals surface area contributed by atoms with Gasteiger partial charge in [-0.05, 0) is 19.3 Å². The Bertz CT molecular complexity index is 186. The number of hydrogen-bond donors (Lipinski definition) is 1. The van der Waals surface area contributed by atoms with Crippen LogP contribution in [0.3, 0.4) is 0 Å². The van der Waals surface area contributed by atoms with E-state index in [1.165, 1.54) is 6.42 Å². The lowest BCUT2D eigenvalue weighted by Gasteiger charge is -2.30. The fourth-order valence-corrected chi connectivity index (χ4v) is 1.93. The van der Waals surface area contributed by atoms with E-state index in [1.807, 2.05) is 0 Å². The molecule has 81 valence electrons. The Labute approximate surface area is 86.4 Å². The van der Waals surface area contributed by atoms with Crippen molar-refractivity contribution in [3.63, 3.8) is 0 Å². The van der Waals surface area contributed by atoms with Gasteiger partial charge in [-0.25, -0.2) is 5.73 Å². The summed E-state index contributed by atoms with van der Waals surface area (Å²) in [6, 6.07) is 0. The molecule has 2 N–H and O–H groups in total. The monoisotopic (exact) mass is 197 g/mol. The van der Waals surface area contributed by atoms with Gasteiger partial charge in [-0.3, -0.25) is 4.79 Å². The van der Waals surface area contributed by atoms with Crippen molar-refractivity contribution in [3.8, 4) is 0 Å². The average molecular weight is 197 g/mol. The van der Waals surface area contributed by atoms with Gasteiger partial charge in [0.25, 0.3) is 0 Å². The topological polar surface area (TPSA) is 52.9 Å². The van der Waals surface area contributed by atoms with E-state index in [-0.39, 0.29) is 5.91 Å². The van der Waals surface area contributed by atoms with E-state index in [0.717, 1.165) is 45.1 Å². The average Bonchev–Trinajstić information content (AvgIpc) is 2.19. The molecule has 1 radical (unpaired) electrons. The SMILES string of the molecule is CCCCNC(=O)C1([NH])CCCCC1. The van der Waals surface area contributed by atoms with Crippen LogP contribution in [0.5, 0.6) is 0 Å². The maximum atomic E-state index is 11.7. The second-order valence-electron chi connectivity index (χ2n) is 4.25. The van der Waals surface area contributed by atoms with Gasteiger partial charge in [0.1, 0.15) is 5.54 Å². The summed E-state index contributed by atoms with van der Waals surface area (Å²) in [4.78, 5) is 11.7. The van der Waals surface area contributed by atoms with Crippen LogP contribution in [0, 0.1) is 0 Å². The maximum absolute atomic E-state index is 11.7. The van der Waals surface area contributed by atoms with Crippen molar-refractivity contribution in [2.24, 2.45) is 0 Å². The molecule has 1 fully saturated rings. The highest BCUT2D eigenvalue weighted by molar-refractivity contribution is 5.85. The molecule has 1 rings (SSSR count). The lowest BCUT2D eigenvalue weighted by atomic mass is 9.82. The van der Waals surface area contributed by atoms with Crippen LogP contribution in [-0.4, -0.2) is 18.0 Å². The molecule has 0 spiro atoms. The summed E-state index contributed by atoms with van der Waals surface area (Å²) in [5.74, 6) is -0.0503. The fraction of sp³-hybridized carbons (Fsp3) is 0.909. The van der Waals surface area contributed by atoms with Gasteiger partial charge in [0.05, 0.1) is 0 Å². The molecule has 0 bridgehead atoms. The van der Waals surface area contributed by atoms with Crippen molar-refractivity contribution >= 4 is 5.91 Å². The summed E-state index contributed by atoms with van der Waals surface area (Å²) in [5, 5.41) is 2.87. The van der Waals surface area contributed by atoms with Gasteiger partial charge in [0.15, 0.2) is 0 Å². The van der Waals surface area contributed by atoms with Gasteiger partial charge in [0.2, 0.25) is 5.91 Å². The van der Waals surface area contributed by atoms with E-state index < -0.39 is 5.54 Å². The number of hydrogen-bond acceptors (Lipinski definition) is 1. The van der Waals surface area contributed by atoms with E-state index in [4.69, 9.17) is 5.73 Å². The van der Waals surface area contributed by atoms with Crippen molar-refractivity contribution in [1.29, 1.82) is 0 Å². The molecule has 0 heterocycles. The van der Waals surface area contributed by atoms with Crippen LogP contribution in [0.25, 0.3) is 0 Å². The summed E-state index contributed by atoms with van der Waals surface area (Å²) < 4.78 is 0. The second kappa shape index (κ2) is 5.35. The molecule has 3 heteroatoms. The number of rotatable bonds is 4. The number of amides is 1. The van der Waals surface area contributed by atoms with Crippen LogP contribution in [0.2, 0.25) is 0 Å². The van der Waals surface area contributed by atoms with E-state index in [9.17, 15) is 4.79 Å². The highest BCUT2D eigenvalue weighted by Crippen LogP contribution is 2.27. The molecule has 1 aliphatic rings. The molecule has 1 aliphatic carbocycles. The Kier molecular flexibility index (Phi) is 4.39. The molecular formula is C11H21N2O. The quantitative estimate of drug-likeness (QED) is 0.687. The van der Waals surface area contributed by atoms with Crippen molar-refractivity contribution in [2.75, 3.05) is 6.54 Å². The molecule has 1 saturated carbocycles. The molecule has 0 aromatic rings. The first-order chi connectivity index (χ1) is 6.69. The number of nitrogens with one attached hydrogen (secondary N) is 2. The van der Waals surface area contributed by atoms with Crippen molar-refractivity contribution < 1.29 is 4.79 Å². The van der Waals surface area contributed by atoms with E-state index in [0.29, 0.717) is 0 Å². The highest BCUT2D eigenvalue weighted by atomic mass is 16.2. The summed E-state index contributed by atoms with van der Waals surface area (Å²) in [5.41, 5.74) is 7.24. The zero-order valence-corrected chi connectivity index (χ0v) is 9.07. The second-order valence-corrected chi connectivity index (χ2v) is 4.25. The minimum absolute atomic E-state index is 0.0503. The highest BCUT2D eigenvalue weighted by Gasteiger charge is 2.35. The van der Waals surface area contributed by atoms with Gasteiger partial charge >= 0.3 is 0 Å². The predicted molar refractivity (Wildman–Crippen MR) is 56.8 cm³/mol. The smallest absolute Gasteiger partial charge is 0.241 e. The van der Waals surface area contributed by atoms with E-state index >= 15 is 0 Å². The number of unbranched alkanes of at least 4 members (excludes halogenated alkanes) is 1. The van der Waals surface area contributed by atoms with Gasteiger partial charge in [0, 0.05) is 6.54 Å². The minimum Gasteiger partial charge on any atom is -0.354 e. The van der Waals surface area contributed by atoms with Crippen molar-refractivity contribution in [2.45, 2.75) is 57.4 Å². The van der Waals surface area contributed by atoms with Crippen LogP contribution < -0.4 is 11.1 Å². The zero-order valence-electron chi connectivity index (χ0n) is 9.07. The largest absolute Gasteiger partial charge is 0.354 e. The number of carbonyl (C=O) groups is 1. The molecule has 14 heavy (non-hydrogen) atoms. The van der Waals surface area contributed by atoms with Crippen molar-refractivity contribution in [1.82, 2.24) is 11.1 Å². The third-order valence-corrected chi connectivity index (χ3v) is 2.96. The first-order valence-corrected chi connectivity index (χ1v) is 5.72. The summed E-state index contributed by atoms with van der Waals surface area (Å²) in [6.45, 7) is 2.83. The van der Waals surface area contributed by atoms with Crippen LogP contribution in [0.15, 0.2) is 0 Å². The fourth-order valence-electron chi connectivity index (χ4n) is 1.93. The van der Waals surface area contributed by atoms with Crippen LogP contribution in [-0.2, 0) is 4.79 Å². The third kappa shape index (κ3) is 2.98. The molecule has 0 aliphatic heterocycles. The molecule has 0 saturated heterocycles. The molecule has 3 nitrogen and oxygen atoms in total. The van der Waals surface area contributed by atoms with Gasteiger partial charge in [-0.15, -0.1) is 0 Å². The Hall–Kier alpha value is -0.570. The Balaban J connectivity index is 2.33. The number of carbonyl (C=O) groups excluding carboxylic acids is 1. The molecule has 0 atom stereocenters. The molecule has 0 aromatic heterocycles. The van der Waals surface area contributed by atoms with Gasteiger partial charge < -0.3 is 5.32 Å². The molecular weight excluding hydrogens is 176 g/mol. The standard InChI is InChI=1S/C11H21N2O/c1-2-3-9-13-10(14)11(12)7-5-4-6-8-11/h12H,2-9H2,1H3,(H,13,14). The van der Waals surface area contributed by atoms with Crippen LogP contribution in [0.1, 0.15) is 51.9 Å². The lowest BCUT2D eigenvalue weighted by molar-refractivity contribution is -0.127. The Morgan fingerprint density at radius 3 is 2.57 bits per heavy atom. The summed E-state index contributed by atoms with van der Waals surface area (Å²) >= 11 is 0. The normalized spacial score (nSPS) is 20.4. The van der Waals surface area contributed by atoms with E-state index in [2.05, 4.69) is 12.2 Å². The van der Waals surface area contributed by atoms with E-state index in [1.54, 1.807) is 0 Å². The molecule has 0 unspecified atom stereocenters. The first kappa shape index (κ1) is 11.5. The maximum Gasteiger partial charge on any atom is 0.241 e. The Morgan fingerprint density at radius 2 is 2.00 bits per heavy atom. The lowest BCUT2D eigenvalue weighted by Crippen LogP contribution is -2.49. The summed E-state index contributed by atoms with van der Waals surface area (Å²) in [7, 11) is 0. The van der Waals surface area contributed by atoms with Gasteiger partial charge in [-0.2, -0.15) is 0 Å². The summed E-state index contributed by atoms with van der Waals surface area (Å²) in [6.07, 6.45) is 6.83. The van der Waals surface area contributed by atoms with Crippen LogP contribution in [0.4, 0.5) is 0 Å². The Morgan fingerprint density at radius 1 is 1.36 bits per heavy atom. The third-order valence-electron chi connectivity index (χ3n) is 2.96.